The van der Waals surface area contributed by atoms with E-state index >= 15 is 0 Å². The van der Waals surface area contributed by atoms with Gasteiger partial charge in [0.15, 0.2) is 23.0 Å². The van der Waals surface area contributed by atoms with Crippen molar-refractivity contribution in [2.75, 3.05) is 20.8 Å². The Balaban J connectivity index is 1.67. The number of benzene rings is 3. The van der Waals surface area contributed by atoms with Gasteiger partial charge in [0.25, 0.3) is 0 Å². The van der Waals surface area contributed by atoms with E-state index in [1.165, 1.54) is 0 Å². The topological polar surface area (TPSA) is 78.4 Å². The maximum Gasteiger partial charge on any atom is 0.244 e. The maximum absolute atomic E-state index is 12.4. The van der Waals surface area contributed by atoms with Crippen molar-refractivity contribution in [1.29, 1.82) is 0 Å². The zero-order valence-corrected chi connectivity index (χ0v) is 23.6. The predicted molar refractivity (Wildman–Crippen MR) is 150 cm³/mol. The Labute approximate surface area is 233 Å². The van der Waals surface area contributed by atoms with Crippen LogP contribution in [0.3, 0.4) is 0 Å². The van der Waals surface area contributed by atoms with Crippen molar-refractivity contribution in [3.05, 3.63) is 78.8 Å². The summed E-state index contributed by atoms with van der Waals surface area (Å²) < 4.78 is 23.1. The van der Waals surface area contributed by atoms with Gasteiger partial charge >= 0.3 is 0 Å². The molecule has 0 aliphatic carbocycles. The Morgan fingerprint density at radius 1 is 1.00 bits per heavy atom. The van der Waals surface area contributed by atoms with E-state index < -0.39 is 0 Å². The molecule has 0 fully saturated rings. The number of nitrogens with zero attached hydrogens (tertiary/aromatic N) is 1. The highest BCUT2D eigenvalue weighted by Crippen LogP contribution is 2.35. The Morgan fingerprint density at radius 3 is 2.47 bits per heavy atom. The standard InChI is InChI=1S/C26H25Cl2IN2O5/c1-4-35-24-11-17(9-21(29)26(24)36-15-18-6-7-19(27)13-20(18)28)14-30-31-25(32)12-16-5-8-22(33-2)23(10-16)34-3/h5-11,13-14H,4,12,15H2,1-3H3,(H,31,32)/b30-14+. The van der Waals surface area contributed by atoms with Crippen LogP contribution in [0.5, 0.6) is 23.0 Å². The molecule has 10 heteroatoms. The third-order valence-corrected chi connectivity index (χ3v) is 6.32. The molecule has 0 spiro atoms. The number of rotatable bonds is 11. The van der Waals surface area contributed by atoms with Crippen molar-refractivity contribution in [3.8, 4) is 23.0 Å². The average Bonchev–Trinajstić information content (AvgIpc) is 2.84. The van der Waals surface area contributed by atoms with E-state index in [2.05, 4.69) is 33.1 Å². The molecule has 0 saturated carbocycles. The van der Waals surface area contributed by atoms with Crippen LogP contribution in [0, 0.1) is 3.57 Å². The van der Waals surface area contributed by atoms with Gasteiger partial charge in [-0.05, 0) is 77.0 Å². The monoisotopic (exact) mass is 642 g/mol. The number of hydrogen-bond donors (Lipinski definition) is 1. The highest BCUT2D eigenvalue weighted by Gasteiger charge is 2.14. The van der Waals surface area contributed by atoms with Crippen LogP contribution in [0.1, 0.15) is 23.6 Å². The number of amides is 1. The Bertz CT molecular complexity index is 1250. The van der Waals surface area contributed by atoms with Crippen molar-refractivity contribution in [2.45, 2.75) is 20.0 Å². The van der Waals surface area contributed by atoms with Gasteiger partial charge in [-0.3, -0.25) is 4.79 Å². The molecule has 1 amide bonds. The summed E-state index contributed by atoms with van der Waals surface area (Å²) in [5.41, 5.74) is 4.87. The van der Waals surface area contributed by atoms with Crippen LogP contribution in [-0.2, 0) is 17.8 Å². The maximum atomic E-state index is 12.4. The Kier molecular flexibility index (Phi) is 10.5. The molecule has 0 atom stereocenters. The molecule has 0 saturated heterocycles. The van der Waals surface area contributed by atoms with E-state index in [1.54, 1.807) is 56.8 Å². The fraction of sp³-hybridized carbons (Fsp3) is 0.231. The molecule has 1 N–H and O–H groups in total. The van der Waals surface area contributed by atoms with Gasteiger partial charge in [0, 0.05) is 15.6 Å². The van der Waals surface area contributed by atoms with Gasteiger partial charge < -0.3 is 18.9 Å². The zero-order valence-electron chi connectivity index (χ0n) is 19.9. The van der Waals surface area contributed by atoms with Crippen LogP contribution in [-0.4, -0.2) is 32.9 Å². The minimum absolute atomic E-state index is 0.138. The Hall–Kier alpha value is -2.69. The number of carbonyl (C=O) groups excluding carboxylic acids is 1. The first-order valence-corrected chi connectivity index (χ1v) is 12.7. The van der Waals surface area contributed by atoms with E-state index in [0.29, 0.717) is 39.7 Å². The normalized spacial score (nSPS) is 10.8. The van der Waals surface area contributed by atoms with Crippen LogP contribution < -0.4 is 24.4 Å². The molecule has 0 aliphatic rings. The third kappa shape index (κ3) is 7.65. The van der Waals surface area contributed by atoms with Gasteiger partial charge in [-0.15, -0.1) is 0 Å². The van der Waals surface area contributed by atoms with Crippen molar-refractivity contribution in [1.82, 2.24) is 5.43 Å². The number of methoxy groups -OCH3 is 2. The number of hydrazone groups is 1. The largest absolute Gasteiger partial charge is 0.493 e. The molecular weight excluding hydrogens is 618 g/mol. The molecule has 3 aromatic rings. The second-order valence-electron chi connectivity index (χ2n) is 7.45. The van der Waals surface area contributed by atoms with Crippen molar-refractivity contribution >= 4 is 57.9 Å². The van der Waals surface area contributed by atoms with E-state index in [0.717, 1.165) is 20.3 Å². The summed E-state index contributed by atoms with van der Waals surface area (Å²) in [5, 5.41) is 5.18. The molecule has 190 valence electrons. The molecule has 0 bridgehead atoms. The van der Waals surface area contributed by atoms with Crippen LogP contribution in [0.2, 0.25) is 10.0 Å². The minimum atomic E-state index is -0.266. The predicted octanol–water partition coefficient (Wildman–Crippen LogP) is 6.29. The van der Waals surface area contributed by atoms with Crippen LogP contribution >= 0.6 is 45.8 Å². The van der Waals surface area contributed by atoms with Gasteiger partial charge in [0.05, 0.1) is 37.0 Å². The van der Waals surface area contributed by atoms with Gasteiger partial charge in [-0.2, -0.15) is 5.10 Å². The Morgan fingerprint density at radius 2 is 1.78 bits per heavy atom. The zero-order chi connectivity index (χ0) is 26.1. The summed E-state index contributed by atoms with van der Waals surface area (Å²) in [6, 6.07) is 14.3. The van der Waals surface area contributed by atoms with Gasteiger partial charge in [0.1, 0.15) is 6.61 Å². The molecule has 0 unspecified atom stereocenters. The highest BCUT2D eigenvalue weighted by molar-refractivity contribution is 14.1. The number of ether oxygens (including phenoxy) is 4. The van der Waals surface area contributed by atoms with E-state index in [-0.39, 0.29) is 18.9 Å². The van der Waals surface area contributed by atoms with Gasteiger partial charge in [0.2, 0.25) is 5.91 Å². The first kappa shape index (κ1) is 27.9. The lowest BCUT2D eigenvalue weighted by atomic mass is 10.1. The van der Waals surface area contributed by atoms with Crippen LogP contribution in [0.25, 0.3) is 0 Å². The van der Waals surface area contributed by atoms with Crippen molar-refractivity contribution in [2.24, 2.45) is 5.10 Å². The number of carbonyl (C=O) groups is 1. The molecule has 0 aliphatic heterocycles. The molecule has 0 aromatic heterocycles. The van der Waals surface area contributed by atoms with Crippen molar-refractivity contribution in [3.63, 3.8) is 0 Å². The highest BCUT2D eigenvalue weighted by atomic mass is 127. The number of nitrogens with one attached hydrogen (secondary N) is 1. The molecular formula is C26H25Cl2IN2O5. The molecule has 0 radical (unpaired) electrons. The smallest absolute Gasteiger partial charge is 0.244 e. The fourth-order valence-corrected chi connectivity index (χ4v) is 4.49. The average molecular weight is 643 g/mol. The molecule has 3 rings (SSSR count). The number of hydrogen-bond acceptors (Lipinski definition) is 6. The van der Waals surface area contributed by atoms with E-state index in [1.807, 2.05) is 19.1 Å². The molecule has 3 aromatic carbocycles. The summed E-state index contributed by atoms with van der Waals surface area (Å²) in [7, 11) is 3.11. The van der Waals surface area contributed by atoms with E-state index in [9.17, 15) is 4.79 Å². The summed E-state index contributed by atoms with van der Waals surface area (Å²) in [5.74, 6) is 2.05. The van der Waals surface area contributed by atoms with Crippen LogP contribution in [0.15, 0.2) is 53.6 Å². The van der Waals surface area contributed by atoms with Gasteiger partial charge in [-0.1, -0.05) is 35.3 Å². The molecule has 36 heavy (non-hydrogen) atoms. The summed E-state index contributed by atoms with van der Waals surface area (Å²) in [6.45, 7) is 2.60. The summed E-state index contributed by atoms with van der Waals surface area (Å²) in [4.78, 5) is 12.4. The lowest BCUT2D eigenvalue weighted by molar-refractivity contribution is -0.120. The summed E-state index contributed by atoms with van der Waals surface area (Å²) in [6.07, 6.45) is 1.69. The molecule has 0 heterocycles. The first-order chi connectivity index (χ1) is 17.3. The molecule has 7 nitrogen and oxygen atoms in total. The summed E-state index contributed by atoms with van der Waals surface area (Å²) >= 11 is 14.4. The quantitative estimate of drug-likeness (QED) is 0.151. The first-order valence-electron chi connectivity index (χ1n) is 10.9. The third-order valence-electron chi connectivity index (χ3n) is 4.93. The van der Waals surface area contributed by atoms with Crippen molar-refractivity contribution < 1.29 is 23.7 Å². The minimum Gasteiger partial charge on any atom is -0.493 e. The lowest BCUT2D eigenvalue weighted by Gasteiger charge is -2.15. The number of halogens is 3. The second-order valence-corrected chi connectivity index (χ2v) is 9.45. The van der Waals surface area contributed by atoms with Gasteiger partial charge in [-0.25, -0.2) is 5.43 Å². The van der Waals surface area contributed by atoms with E-state index in [4.69, 9.17) is 42.1 Å². The second kappa shape index (κ2) is 13.6. The SMILES string of the molecule is CCOc1cc(/C=N/NC(=O)Cc2ccc(OC)c(OC)c2)cc(I)c1OCc1ccc(Cl)cc1Cl. The van der Waals surface area contributed by atoms with Crippen LogP contribution in [0.4, 0.5) is 0 Å². The lowest BCUT2D eigenvalue weighted by Crippen LogP contribution is -2.19. The fourth-order valence-electron chi connectivity index (χ4n) is 3.25.